The Kier molecular flexibility index (Phi) is 5.92. The summed E-state index contributed by atoms with van der Waals surface area (Å²) in [5.74, 6) is -1.33. The number of Topliss-reactive ketones (excluding diaryl/α,β-unsaturated/α-hetero) is 1. The zero-order valence-electron chi connectivity index (χ0n) is 14.2. The minimum Gasteiger partial charge on any atom is -0.468 e. The fourth-order valence-corrected chi connectivity index (χ4v) is 2.56. The van der Waals surface area contributed by atoms with Crippen LogP contribution in [-0.2, 0) is 23.9 Å². The van der Waals surface area contributed by atoms with E-state index in [0.717, 1.165) is 12.8 Å². The summed E-state index contributed by atoms with van der Waals surface area (Å²) in [7, 11) is 1.33. The van der Waals surface area contributed by atoms with Crippen molar-refractivity contribution < 1.29 is 23.9 Å². The maximum absolute atomic E-state index is 12.2. The van der Waals surface area contributed by atoms with Crippen molar-refractivity contribution in [2.45, 2.75) is 65.4 Å². The summed E-state index contributed by atoms with van der Waals surface area (Å²) in [6.45, 7) is 7.24. The van der Waals surface area contributed by atoms with Gasteiger partial charge in [0.05, 0.1) is 18.1 Å². The van der Waals surface area contributed by atoms with Crippen molar-refractivity contribution in [1.82, 2.24) is 0 Å². The number of carbonyl (C=O) groups is 3. The van der Waals surface area contributed by atoms with E-state index in [-0.39, 0.29) is 17.8 Å². The standard InChI is InChI=1S/C17H26O5/c1-6-7-9-17(15(20)21-5)10-8-13(18)12(11-17)14(19)22-16(2,3)4/h11H,6-10H2,1-5H3/t17-/m1/s1. The Bertz CT molecular complexity index is 484. The first-order valence-electron chi connectivity index (χ1n) is 7.73. The van der Waals surface area contributed by atoms with Gasteiger partial charge in [0.1, 0.15) is 5.60 Å². The molecule has 0 aliphatic heterocycles. The molecule has 0 heterocycles. The van der Waals surface area contributed by atoms with Crippen molar-refractivity contribution in [1.29, 1.82) is 0 Å². The van der Waals surface area contributed by atoms with E-state index < -0.39 is 23.0 Å². The Morgan fingerprint density at radius 2 is 1.95 bits per heavy atom. The first-order valence-corrected chi connectivity index (χ1v) is 7.73. The van der Waals surface area contributed by atoms with Gasteiger partial charge in [-0.2, -0.15) is 0 Å². The molecule has 0 aromatic heterocycles. The van der Waals surface area contributed by atoms with Gasteiger partial charge in [0.2, 0.25) is 0 Å². The highest BCUT2D eigenvalue weighted by atomic mass is 16.6. The van der Waals surface area contributed by atoms with Crippen molar-refractivity contribution in [3.05, 3.63) is 11.6 Å². The predicted octanol–water partition coefficient (Wildman–Crippen LogP) is 2.97. The molecule has 5 nitrogen and oxygen atoms in total. The number of hydrogen-bond donors (Lipinski definition) is 0. The smallest absolute Gasteiger partial charge is 0.341 e. The molecular formula is C17H26O5. The first-order chi connectivity index (χ1) is 10.1. The molecule has 22 heavy (non-hydrogen) atoms. The summed E-state index contributed by atoms with van der Waals surface area (Å²) >= 11 is 0. The summed E-state index contributed by atoms with van der Waals surface area (Å²) in [4.78, 5) is 36.5. The number of carbonyl (C=O) groups excluding carboxylic acids is 3. The lowest BCUT2D eigenvalue weighted by atomic mass is 9.72. The van der Waals surface area contributed by atoms with Crippen LogP contribution in [0.4, 0.5) is 0 Å². The second kappa shape index (κ2) is 7.07. The number of rotatable bonds is 5. The van der Waals surface area contributed by atoms with E-state index in [2.05, 4.69) is 0 Å². The SMILES string of the molecule is CCCC[C@]1(C(=O)OC)C=C(C(=O)OC(C)(C)C)C(=O)CC1. The molecule has 0 amide bonds. The molecule has 1 atom stereocenters. The van der Waals surface area contributed by atoms with Crippen molar-refractivity contribution in [2.75, 3.05) is 7.11 Å². The van der Waals surface area contributed by atoms with E-state index in [1.165, 1.54) is 13.2 Å². The van der Waals surface area contributed by atoms with Gasteiger partial charge in [-0.3, -0.25) is 9.59 Å². The van der Waals surface area contributed by atoms with E-state index in [1.807, 2.05) is 6.92 Å². The molecular weight excluding hydrogens is 284 g/mol. The number of ketones is 1. The van der Waals surface area contributed by atoms with E-state index in [0.29, 0.717) is 12.8 Å². The third-order valence-corrected chi connectivity index (χ3v) is 3.71. The van der Waals surface area contributed by atoms with Crippen LogP contribution in [0.3, 0.4) is 0 Å². The summed E-state index contributed by atoms with van der Waals surface area (Å²) < 4.78 is 10.2. The molecule has 1 rings (SSSR count). The van der Waals surface area contributed by atoms with E-state index in [1.54, 1.807) is 20.8 Å². The number of ether oxygens (including phenoxy) is 2. The molecule has 0 bridgehead atoms. The summed E-state index contributed by atoms with van der Waals surface area (Å²) in [6, 6.07) is 0. The number of unbranched alkanes of at least 4 members (excludes halogenated alkanes) is 1. The van der Waals surface area contributed by atoms with Crippen LogP contribution in [-0.4, -0.2) is 30.4 Å². The Labute approximate surface area is 132 Å². The fraction of sp³-hybridized carbons (Fsp3) is 0.706. The third-order valence-electron chi connectivity index (χ3n) is 3.71. The van der Waals surface area contributed by atoms with Gasteiger partial charge in [-0.15, -0.1) is 0 Å². The van der Waals surface area contributed by atoms with Gasteiger partial charge in [0.15, 0.2) is 5.78 Å². The lowest BCUT2D eigenvalue weighted by molar-refractivity contribution is -0.152. The Morgan fingerprint density at radius 3 is 2.45 bits per heavy atom. The second-order valence-corrected chi connectivity index (χ2v) is 6.73. The van der Waals surface area contributed by atoms with Crippen LogP contribution in [0.15, 0.2) is 11.6 Å². The molecule has 0 fully saturated rings. The quantitative estimate of drug-likeness (QED) is 0.577. The maximum atomic E-state index is 12.2. The predicted molar refractivity (Wildman–Crippen MR) is 82.1 cm³/mol. The van der Waals surface area contributed by atoms with Gasteiger partial charge in [-0.1, -0.05) is 19.8 Å². The fourth-order valence-electron chi connectivity index (χ4n) is 2.56. The highest BCUT2D eigenvalue weighted by molar-refractivity contribution is 6.18. The van der Waals surface area contributed by atoms with Crippen LogP contribution in [0.2, 0.25) is 0 Å². The Morgan fingerprint density at radius 1 is 1.32 bits per heavy atom. The highest BCUT2D eigenvalue weighted by Gasteiger charge is 2.43. The summed E-state index contributed by atoms with van der Waals surface area (Å²) in [5, 5.41) is 0. The number of esters is 2. The molecule has 124 valence electrons. The lowest BCUT2D eigenvalue weighted by Gasteiger charge is -2.32. The number of methoxy groups -OCH3 is 1. The average molecular weight is 310 g/mol. The van der Waals surface area contributed by atoms with Crippen molar-refractivity contribution in [3.63, 3.8) is 0 Å². The molecule has 5 heteroatoms. The van der Waals surface area contributed by atoms with E-state index in [4.69, 9.17) is 9.47 Å². The van der Waals surface area contributed by atoms with Crippen LogP contribution in [0.25, 0.3) is 0 Å². The average Bonchev–Trinajstić information content (AvgIpc) is 2.44. The largest absolute Gasteiger partial charge is 0.468 e. The van der Waals surface area contributed by atoms with Gasteiger partial charge >= 0.3 is 11.9 Å². The molecule has 0 unspecified atom stereocenters. The summed E-state index contributed by atoms with van der Waals surface area (Å²) in [5.41, 5.74) is -1.61. The molecule has 0 radical (unpaired) electrons. The number of hydrogen-bond acceptors (Lipinski definition) is 5. The van der Waals surface area contributed by atoms with Crippen LogP contribution in [0.5, 0.6) is 0 Å². The second-order valence-electron chi connectivity index (χ2n) is 6.73. The van der Waals surface area contributed by atoms with Crippen LogP contribution in [0.1, 0.15) is 59.8 Å². The van der Waals surface area contributed by atoms with Crippen LogP contribution < -0.4 is 0 Å². The minimum absolute atomic E-state index is 0.0253. The molecule has 0 aromatic carbocycles. The monoisotopic (exact) mass is 310 g/mol. The first kappa shape index (κ1) is 18.4. The van der Waals surface area contributed by atoms with Crippen molar-refractivity contribution in [2.24, 2.45) is 5.41 Å². The Hall–Kier alpha value is -1.65. The van der Waals surface area contributed by atoms with E-state index in [9.17, 15) is 14.4 Å². The molecule has 0 aromatic rings. The van der Waals surface area contributed by atoms with Gasteiger partial charge in [-0.25, -0.2) is 4.79 Å². The van der Waals surface area contributed by atoms with Crippen molar-refractivity contribution >= 4 is 17.7 Å². The third kappa shape index (κ3) is 4.42. The van der Waals surface area contributed by atoms with Gasteiger partial charge in [-0.05, 0) is 39.7 Å². The maximum Gasteiger partial charge on any atom is 0.341 e. The molecule has 0 spiro atoms. The minimum atomic E-state index is -0.898. The van der Waals surface area contributed by atoms with Crippen LogP contribution >= 0.6 is 0 Å². The van der Waals surface area contributed by atoms with Crippen LogP contribution in [0, 0.1) is 5.41 Å². The lowest BCUT2D eigenvalue weighted by Crippen LogP contribution is -2.37. The van der Waals surface area contributed by atoms with Gasteiger partial charge in [0.25, 0.3) is 0 Å². The molecule has 0 N–H and O–H groups in total. The molecule has 0 saturated heterocycles. The highest BCUT2D eigenvalue weighted by Crippen LogP contribution is 2.39. The molecule has 1 aliphatic rings. The van der Waals surface area contributed by atoms with Gasteiger partial charge < -0.3 is 9.47 Å². The molecule has 1 aliphatic carbocycles. The van der Waals surface area contributed by atoms with Crippen molar-refractivity contribution in [3.8, 4) is 0 Å². The Balaban J connectivity index is 3.16. The van der Waals surface area contributed by atoms with Gasteiger partial charge in [0, 0.05) is 6.42 Å². The zero-order chi connectivity index (χ0) is 17.0. The summed E-state index contributed by atoms with van der Waals surface area (Å²) in [6.07, 6.45) is 4.32. The topological polar surface area (TPSA) is 69.7 Å². The zero-order valence-corrected chi connectivity index (χ0v) is 14.2. The molecule has 0 saturated carbocycles. The van der Waals surface area contributed by atoms with E-state index >= 15 is 0 Å². The normalized spacial score (nSPS) is 22.0.